The van der Waals surface area contributed by atoms with Gasteiger partial charge in [-0.05, 0) is 77.5 Å². The first kappa shape index (κ1) is 27.3. The number of furan rings is 1. The van der Waals surface area contributed by atoms with Crippen molar-refractivity contribution in [2.45, 2.75) is 6.92 Å². The molecule has 0 radical (unpaired) electrons. The van der Waals surface area contributed by atoms with Crippen molar-refractivity contribution < 1.29 is 33.3 Å². The minimum atomic E-state index is -0.773. The van der Waals surface area contributed by atoms with Crippen LogP contribution in [0.1, 0.15) is 23.0 Å². The number of ether oxygens (including phenoxy) is 3. The van der Waals surface area contributed by atoms with E-state index in [0.29, 0.717) is 32.5 Å². The molecule has 0 spiro atoms. The summed E-state index contributed by atoms with van der Waals surface area (Å²) in [6, 6.07) is 13.1. The van der Waals surface area contributed by atoms with Gasteiger partial charge < -0.3 is 18.6 Å². The second-order valence-corrected chi connectivity index (χ2v) is 8.91. The average molecular weight is 646 g/mol. The lowest BCUT2D eigenvalue weighted by Crippen LogP contribution is -2.16. The van der Waals surface area contributed by atoms with E-state index >= 15 is 0 Å². The van der Waals surface area contributed by atoms with Gasteiger partial charge in [-0.2, -0.15) is 5.10 Å². The number of nitrogens with one attached hydrogen (secondary N) is 1. The number of fused-ring (bicyclic) bond motifs is 1. The average Bonchev–Trinajstić information content (AvgIpc) is 3.33. The van der Waals surface area contributed by atoms with Gasteiger partial charge in [0.1, 0.15) is 11.3 Å². The van der Waals surface area contributed by atoms with Crippen molar-refractivity contribution in [2.24, 2.45) is 5.10 Å². The summed E-state index contributed by atoms with van der Waals surface area (Å²) in [5.74, 6) is 0.336. The molecule has 4 aromatic rings. The highest BCUT2D eigenvalue weighted by Gasteiger charge is 2.23. The number of nitro benzene ring substituents is 2. The van der Waals surface area contributed by atoms with Crippen LogP contribution in [-0.4, -0.2) is 35.7 Å². The fraction of sp³-hybridized carbons (Fsp3) is 0.120. The minimum Gasteiger partial charge on any atom is -0.494 e. The molecule has 0 aliphatic rings. The number of benzene rings is 3. The maximum atomic E-state index is 12.5. The van der Waals surface area contributed by atoms with Crippen LogP contribution in [-0.2, 0) is 0 Å². The largest absolute Gasteiger partial charge is 0.494 e. The standard InChI is InChI=1S/C25H19IN4O9/c1-3-37-17-5-7-20-15(10-17)11-23(38-20)25(31)28-27-13-14-8-18(26)24(22(9-14)36-2)39-21-6-4-16(29(32)33)12-19(21)30(34)35/h4-13H,3H2,1-2H3,(H,28,31)/b27-13-. The molecule has 1 amide bonds. The molecule has 0 bridgehead atoms. The number of hydrazone groups is 1. The number of non-ortho nitro benzene ring substituents is 1. The highest BCUT2D eigenvalue weighted by Crippen LogP contribution is 2.41. The van der Waals surface area contributed by atoms with Crippen LogP contribution in [0.2, 0.25) is 0 Å². The van der Waals surface area contributed by atoms with Gasteiger partial charge in [0.15, 0.2) is 17.3 Å². The Kier molecular flexibility index (Phi) is 8.24. The molecule has 0 aliphatic heterocycles. The van der Waals surface area contributed by atoms with E-state index in [1.54, 1.807) is 36.4 Å². The van der Waals surface area contributed by atoms with Crippen LogP contribution in [0.3, 0.4) is 0 Å². The summed E-state index contributed by atoms with van der Waals surface area (Å²) in [6.07, 6.45) is 1.37. The van der Waals surface area contributed by atoms with Gasteiger partial charge in [0, 0.05) is 11.5 Å². The first-order valence-electron chi connectivity index (χ1n) is 11.2. The smallest absolute Gasteiger partial charge is 0.318 e. The number of methoxy groups -OCH3 is 1. The number of hydrogen-bond acceptors (Lipinski definition) is 10. The lowest BCUT2D eigenvalue weighted by Gasteiger charge is -2.13. The molecule has 200 valence electrons. The zero-order valence-corrected chi connectivity index (χ0v) is 22.5. The quantitative estimate of drug-likeness (QED) is 0.0966. The second-order valence-electron chi connectivity index (χ2n) is 7.74. The summed E-state index contributed by atoms with van der Waals surface area (Å²) < 4.78 is 22.6. The van der Waals surface area contributed by atoms with E-state index in [-0.39, 0.29) is 23.0 Å². The molecular formula is C25H19IN4O9. The molecule has 0 fully saturated rings. The Morgan fingerprint density at radius 2 is 1.87 bits per heavy atom. The highest BCUT2D eigenvalue weighted by atomic mass is 127. The van der Waals surface area contributed by atoms with Gasteiger partial charge in [-0.1, -0.05) is 0 Å². The molecule has 13 nitrogen and oxygen atoms in total. The van der Waals surface area contributed by atoms with Crippen LogP contribution in [0.4, 0.5) is 11.4 Å². The Bertz CT molecular complexity index is 1620. The zero-order valence-electron chi connectivity index (χ0n) is 20.4. The van der Waals surface area contributed by atoms with Crippen molar-refractivity contribution in [3.63, 3.8) is 0 Å². The number of carbonyl (C=O) groups excluding carboxylic acids is 1. The van der Waals surface area contributed by atoms with E-state index in [2.05, 4.69) is 10.5 Å². The molecule has 0 saturated heterocycles. The summed E-state index contributed by atoms with van der Waals surface area (Å²) in [4.78, 5) is 33.5. The van der Waals surface area contributed by atoms with E-state index in [4.69, 9.17) is 18.6 Å². The van der Waals surface area contributed by atoms with E-state index in [1.165, 1.54) is 13.3 Å². The summed E-state index contributed by atoms with van der Waals surface area (Å²) in [6.45, 7) is 2.39. The number of halogens is 1. The van der Waals surface area contributed by atoms with Gasteiger partial charge in [0.25, 0.3) is 5.69 Å². The first-order valence-corrected chi connectivity index (χ1v) is 12.3. The number of nitrogens with zero attached hydrogens (tertiary/aromatic N) is 3. The Balaban J connectivity index is 1.51. The molecule has 0 unspecified atom stereocenters. The highest BCUT2D eigenvalue weighted by molar-refractivity contribution is 14.1. The Morgan fingerprint density at radius 3 is 2.56 bits per heavy atom. The van der Waals surface area contributed by atoms with Crippen molar-refractivity contribution in [1.82, 2.24) is 5.43 Å². The third-order valence-corrected chi connectivity index (χ3v) is 6.02. The van der Waals surface area contributed by atoms with Crippen LogP contribution < -0.4 is 19.6 Å². The van der Waals surface area contributed by atoms with E-state index < -0.39 is 27.1 Å². The lowest BCUT2D eigenvalue weighted by molar-refractivity contribution is -0.394. The van der Waals surface area contributed by atoms with Gasteiger partial charge in [-0.25, -0.2) is 5.43 Å². The van der Waals surface area contributed by atoms with Crippen LogP contribution in [0.15, 0.2) is 64.1 Å². The number of hydrogen-bond donors (Lipinski definition) is 1. The van der Waals surface area contributed by atoms with Crippen molar-refractivity contribution in [3.8, 4) is 23.0 Å². The summed E-state index contributed by atoms with van der Waals surface area (Å²) >= 11 is 1.94. The maximum absolute atomic E-state index is 12.5. The Morgan fingerprint density at radius 1 is 1.08 bits per heavy atom. The van der Waals surface area contributed by atoms with Crippen LogP contribution in [0.5, 0.6) is 23.0 Å². The van der Waals surface area contributed by atoms with Crippen molar-refractivity contribution >= 4 is 57.1 Å². The van der Waals surface area contributed by atoms with Crippen LogP contribution in [0.25, 0.3) is 11.0 Å². The summed E-state index contributed by atoms with van der Waals surface area (Å²) in [7, 11) is 1.38. The normalized spacial score (nSPS) is 10.9. The molecule has 0 aliphatic carbocycles. The molecule has 1 N–H and O–H groups in total. The fourth-order valence-corrected chi connectivity index (χ4v) is 4.22. The van der Waals surface area contributed by atoms with E-state index in [1.807, 2.05) is 29.5 Å². The SMILES string of the molecule is CCOc1ccc2oc(C(=O)N/N=C\c3cc(I)c(Oc4ccc([N+](=O)[O-])cc4[N+](=O)[O-])c(OC)c3)cc2c1. The molecule has 4 rings (SSSR count). The summed E-state index contributed by atoms with van der Waals surface area (Å²) in [5, 5.41) is 27.1. The molecule has 1 aromatic heterocycles. The van der Waals surface area contributed by atoms with E-state index in [0.717, 1.165) is 18.2 Å². The molecule has 3 aromatic carbocycles. The van der Waals surface area contributed by atoms with Crippen LogP contribution >= 0.6 is 22.6 Å². The van der Waals surface area contributed by atoms with Crippen molar-refractivity contribution in [2.75, 3.05) is 13.7 Å². The van der Waals surface area contributed by atoms with E-state index in [9.17, 15) is 25.0 Å². The Labute approximate surface area is 233 Å². The maximum Gasteiger partial charge on any atom is 0.318 e. The van der Waals surface area contributed by atoms with Gasteiger partial charge in [-0.15, -0.1) is 0 Å². The Hall–Kier alpha value is -4.73. The van der Waals surface area contributed by atoms with Gasteiger partial charge in [0.05, 0.1) is 39.4 Å². The molecular weight excluding hydrogens is 627 g/mol. The van der Waals surface area contributed by atoms with Gasteiger partial charge in [0.2, 0.25) is 5.75 Å². The van der Waals surface area contributed by atoms with Gasteiger partial charge >= 0.3 is 11.6 Å². The molecule has 1 heterocycles. The first-order chi connectivity index (χ1) is 18.7. The molecule has 0 atom stereocenters. The number of carbonyl (C=O) groups is 1. The molecule has 0 saturated carbocycles. The number of rotatable bonds is 10. The fourth-order valence-electron chi connectivity index (χ4n) is 3.48. The zero-order chi connectivity index (χ0) is 28.1. The minimum absolute atomic E-state index is 0.0661. The van der Waals surface area contributed by atoms with Crippen molar-refractivity contribution in [3.05, 3.63) is 89.7 Å². The predicted molar refractivity (Wildman–Crippen MR) is 148 cm³/mol. The second kappa shape index (κ2) is 11.8. The topological polar surface area (TPSA) is 169 Å². The number of nitro groups is 2. The lowest BCUT2D eigenvalue weighted by atomic mass is 10.2. The van der Waals surface area contributed by atoms with Crippen LogP contribution in [0, 0.1) is 23.8 Å². The third kappa shape index (κ3) is 6.23. The van der Waals surface area contributed by atoms with Crippen molar-refractivity contribution in [1.29, 1.82) is 0 Å². The summed E-state index contributed by atoms with van der Waals surface area (Å²) in [5.41, 5.74) is 2.42. The molecule has 39 heavy (non-hydrogen) atoms. The van der Waals surface area contributed by atoms with Gasteiger partial charge in [-0.3, -0.25) is 25.0 Å². The molecule has 14 heteroatoms. The number of amides is 1. The monoisotopic (exact) mass is 646 g/mol. The third-order valence-electron chi connectivity index (χ3n) is 5.22. The predicted octanol–water partition coefficient (Wildman–Crippen LogP) is 5.82.